The Kier molecular flexibility index (Phi) is 6.63. The summed E-state index contributed by atoms with van der Waals surface area (Å²) < 4.78 is 67.5. The van der Waals surface area contributed by atoms with Crippen molar-refractivity contribution >= 4 is 43.1 Å². The van der Waals surface area contributed by atoms with E-state index in [0.29, 0.717) is 11.5 Å². The quantitative estimate of drug-likeness (QED) is 0.586. The third-order valence-corrected chi connectivity index (χ3v) is 7.02. The number of ether oxygens (including phenoxy) is 2. The molecule has 0 N–H and O–H groups in total. The highest BCUT2D eigenvalue weighted by Crippen LogP contribution is 2.22. The standard InChI is InChI=1S/C20H17ClN2O6S2/c1-28-15-4-8-17(9-5-15)30(24,25)22-14-3-12-20(19(21)13-14)23-31(26,27)18-10-6-16(29-2)7-11-18/h3-13H,1-2H3/b22-14-,23-20-. The van der Waals surface area contributed by atoms with Gasteiger partial charge in [0.15, 0.2) is 0 Å². The van der Waals surface area contributed by atoms with Gasteiger partial charge in [-0.3, -0.25) is 0 Å². The van der Waals surface area contributed by atoms with E-state index in [4.69, 9.17) is 21.1 Å². The summed E-state index contributed by atoms with van der Waals surface area (Å²) in [7, 11) is -5.10. The smallest absolute Gasteiger partial charge is 0.282 e. The Labute approximate surface area is 185 Å². The van der Waals surface area contributed by atoms with Crippen LogP contribution in [0, 0.1) is 0 Å². The van der Waals surface area contributed by atoms with Gasteiger partial charge in [0.2, 0.25) is 0 Å². The molecule has 0 radical (unpaired) electrons. The molecule has 0 unspecified atom stereocenters. The van der Waals surface area contributed by atoms with E-state index in [1.165, 1.54) is 81.0 Å². The van der Waals surface area contributed by atoms with Gasteiger partial charge in [-0.25, -0.2) is 0 Å². The fourth-order valence-corrected chi connectivity index (χ4v) is 4.74. The van der Waals surface area contributed by atoms with Crippen molar-refractivity contribution in [2.45, 2.75) is 9.79 Å². The van der Waals surface area contributed by atoms with E-state index in [9.17, 15) is 16.8 Å². The summed E-state index contributed by atoms with van der Waals surface area (Å²) in [5, 5.41) is -0.0664. The first-order valence-corrected chi connectivity index (χ1v) is 11.9. The molecule has 1 aliphatic rings. The van der Waals surface area contributed by atoms with E-state index in [-0.39, 0.29) is 26.2 Å². The van der Waals surface area contributed by atoms with Gasteiger partial charge in [-0.2, -0.15) is 25.6 Å². The monoisotopic (exact) mass is 480 g/mol. The maximum atomic E-state index is 12.5. The maximum absolute atomic E-state index is 12.5. The zero-order valence-electron chi connectivity index (χ0n) is 16.4. The second-order valence-electron chi connectivity index (χ2n) is 6.12. The number of sulfonamides is 2. The molecule has 2 aromatic rings. The first kappa shape index (κ1) is 22.7. The van der Waals surface area contributed by atoms with Gasteiger partial charge in [0.05, 0.1) is 40.5 Å². The number of hydrogen-bond donors (Lipinski definition) is 0. The first-order valence-electron chi connectivity index (χ1n) is 8.68. The van der Waals surface area contributed by atoms with Crippen LogP contribution in [-0.2, 0) is 20.0 Å². The van der Waals surface area contributed by atoms with Gasteiger partial charge in [0, 0.05) is 0 Å². The van der Waals surface area contributed by atoms with Crippen LogP contribution in [0.2, 0.25) is 0 Å². The average Bonchev–Trinajstić information content (AvgIpc) is 2.75. The fraction of sp³-hybridized carbons (Fsp3) is 0.100. The van der Waals surface area contributed by atoms with Crippen LogP contribution in [0.15, 0.2) is 90.4 Å². The van der Waals surface area contributed by atoms with Gasteiger partial charge in [-0.05, 0) is 66.8 Å². The van der Waals surface area contributed by atoms with E-state index < -0.39 is 20.0 Å². The summed E-state index contributed by atoms with van der Waals surface area (Å²) in [6.07, 6.45) is 3.83. The van der Waals surface area contributed by atoms with Gasteiger partial charge in [-0.1, -0.05) is 11.6 Å². The van der Waals surface area contributed by atoms with Crippen LogP contribution in [0.3, 0.4) is 0 Å². The topological polar surface area (TPSA) is 111 Å². The lowest BCUT2D eigenvalue weighted by Crippen LogP contribution is -2.10. The van der Waals surface area contributed by atoms with Crippen molar-refractivity contribution in [3.8, 4) is 11.5 Å². The molecule has 0 bridgehead atoms. The molecule has 2 aromatic carbocycles. The van der Waals surface area contributed by atoms with Crippen molar-refractivity contribution in [1.82, 2.24) is 0 Å². The zero-order valence-corrected chi connectivity index (χ0v) is 18.8. The summed E-state index contributed by atoms with van der Waals surface area (Å²) in [5.41, 5.74) is -0.0140. The van der Waals surface area contributed by atoms with Crippen LogP contribution in [0.5, 0.6) is 11.5 Å². The molecule has 0 saturated carbocycles. The van der Waals surface area contributed by atoms with Crippen molar-refractivity contribution in [2.24, 2.45) is 8.80 Å². The van der Waals surface area contributed by atoms with Crippen LogP contribution in [0.4, 0.5) is 0 Å². The first-order chi connectivity index (χ1) is 14.6. The molecule has 0 fully saturated rings. The van der Waals surface area contributed by atoms with Gasteiger partial charge in [0.25, 0.3) is 20.0 Å². The van der Waals surface area contributed by atoms with Crippen molar-refractivity contribution in [2.75, 3.05) is 14.2 Å². The Morgan fingerprint density at radius 1 is 0.710 bits per heavy atom. The summed E-state index contributed by atoms with van der Waals surface area (Å²) in [6.45, 7) is 0. The largest absolute Gasteiger partial charge is 0.497 e. The Balaban J connectivity index is 1.87. The van der Waals surface area contributed by atoms with E-state index in [2.05, 4.69) is 8.80 Å². The summed E-state index contributed by atoms with van der Waals surface area (Å²) in [6, 6.07) is 11.4. The number of benzene rings is 2. The van der Waals surface area contributed by atoms with E-state index in [1.54, 1.807) is 0 Å². The van der Waals surface area contributed by atoms with Crippen LogP contribution in [0.25, 0.3) is 0 Å². The molecule has 0 aliphatic heterocycles. The van der Waals surface area contributed by atoms with E-state index >= 15 is 0 Å². The van der Waals surface area contributed by atoms with Gasteiger partial charge < -0.3 is 9.47 Å². The minimum atomic E-state index is -4.03. The number of nitrogens with zero attached hydrogens (tertiary/aromatic N) is 2. The molecule has 11 heteroatoms. The zero-order chi connectivity index (χ0) is 22.6. The minimum absolute atomic E-state index is 0.0275. The molecular formula is C20H17ClN2O6S2. The van der Waals surface area contributed by atoms with E-state index in [0.717, 1.165) is 0 Å². The number of hydrogen-bond acceptors (Lipinski definition) is 6. The van der Waals surface area contributed by atoms with Gasteiger partial charge in [0.1, 0.15) is 11.5 Å². The molecule has 0 saturated heterocycles. The van der Waals surface area contributed by atoms with Crippen LogP contribution in [-0.4, -0.2) is 42.5 Å². The van der Waals surface area contributed by atoms with Crippen molar-refractivity contribution in [3.05, 3.63) is 71.8 Å². The molecule has 0 heterocycles. The summed E-state index contributed by atoms with van der Waals surface area (Å²) in [5.74, 6) is 1.01. The SMILES string of the molecule is COc1ccc(S(=O)(=O)/N=C2C=C/C(=N/S(=O)(=O)c3ccc(OC)cc3)C(Cl)=C/2)cc1. The molecule has 0 aromatic heterocycles. The lowest BCUT2D eigenvalue weighted by molar-refractivity contribution is 0.414. The predicted octanol–water partition coefficient (Wildman–Crippen LogP) is 3.36. The molecule has 3 rings (SSSR count). The second kappa shape index (κ2) is 9.04. The Hall–Kier alpha value is -2.95. The van der Waals surface area contributed by atoms with E-state index in [1.807, 2.05) is 0 Å². The molecular weight excluding hydrogens is 464 g/mol. The molecule has 31 heavy (non-hydrogen) atoms. The highest BCUT2D eigenvalue weighted by Gasteiger charge is 2.19. The van der Waals surface area contributed by atoms with Gasteiger partial charge in [-0.15, -0.1) is 0 Å². The highest BCUT2D eigenvalue weighted by atomic mass is 35.5. The Morgan fingerprint density at radius 3 is 1.58 bits per heavy atom. The Bertz CT molecular complexity index is 1310. The number of allylic oxidation sites excluding steroid dienone is 4. The normalized spacial score (nSPS) is 16.9. The van der Waals surface area contributed by atoms with Crippen molar-refractivity contribution < 1.29 is 26.3 Å². The molecule has 0 spiro atoms. The minimum Gasteiger partial charge on any atom is -0.497 e. The van der Waals surface area contributed by atoms with Crippen LogP contribution in [0.1, 0.15) is 0 Å². The second-order valence-corrected chi connectivity index (χ2v) is 9.73. The lowest BCUT2D eigenvalue weighted by atomic mass is 10.1. The molecule has 162 valence electrons. The molecule has 1 aliphatic carbocycles. The third kappa shape index (κ3) is 5.40. The predicted molar refractivity (Wildman–Crippen MR) is 118 cm³/mol. The molecule has 0 amide bonds. The average molecular weight is 481 g/mol. The number of halogens is 1. The van der Waals surface area contributed by atoms with Crippen LogP contribution >= 0.6 is 11.6 Å². The summed E-state index contributed by atoms with van der Waals surface area (Å²) >= 11 is 6.14. The van der Waals surface area contributed by atoms with Crippen molar-refractivity contribution in [3.63, 3.8) is 0 Å². The number of methoxy groups -OCH3 is 2. The Morgan fingerprint density at radius 2 is 1.16 bits per heavy atom. The van der Waals surface area contributed by atoms with Crippen LogP contribution < -0.4 is 9.47 Å². The fourth-order valence-electron chi connectivity index (χ4n) is 2.50. The third-order valence-electron chi connectivity index (χ3n) is 4.09. The molecule has 0 atom stereocenters. The maximum Gasteiger partial charge on any atom is 0.282 e. The highest BCUT2D eigenvalue weighted by molar-refractivity contribution is 7.90. The number of rotatable bonds is 6. The van der Waals surface area contributed by atoms with Crippen molar-refractivity contribution in [1.29, 1.82) is 0 Å². The lowest BCUT2D eigenvalue weighted by Gasteiger charge is -2.08. The summed E-state index contributed by atoms with van der Waals surface area (Å²) in [4.78, 5) is -0.0690. The molecule has 8 nitrogen and oxygen atoms in total. The van der Waals surface area contributed by atoms with Gasteiger partial charge >= 0.3 is 0 Å².